The molecule has 5 heteroatoms. The summed E-state index contributed by atoms with van der Waals surface area (Å²) in [4.78, 5) is 24.0. The zero-order chi connectivity index (χ0) is 14.7. The van der Waals surface area contributed by atoms with Crippen molar-refractivity contribution in [1.29, 1.82) is 0 Å². The molecule has 1 aromatic carbocycles. The molecule has 104 valence electrons. The lowest BCUT2D eigenvalue weighted by molar-refractivity contribution is -0.115. The number of thiophene rings is 1. The standard InChI is InChI=1S/C15H15NO3S/c1-9-5-3-4-6-11(9)8-13(17)16-14-12(15(18)19)7-10(2)20-14/h3-7H,8H2,1-2H3,(H,16,17)(H,18,19). The van der Waals surface area contributed by atoms with E-state index in [-0.39, 0.29) is 17.9 Å². The minimum Gasteiger partial charge on any atom is -0.478 e. The maximum Gasteiger partial charge on any atom is 0.338 e. The van der Waals surface area contributed by atoms with Crippen molar-refractivity contribution >= 4 is 28.2 Å². The number of aromatic carboxylic acids is 1. The molecule has 1 heterocycles. The first-order valence-electron chi connectivity index (χ1n) is 6.15. The summed E-state index contributed by atoms with van der Waals surface area (Å²) >= 11 is 1.27. The van der Waals surface area contributed by atoms with Crippen LogP contribution in [0.25, 0.3) is 0 Å². The summed E-state index contributed by atoms with van der Waals surface area (Å²) in [5.74, 6) is -1.23. The van der Waals surface area contributed by atoms with Crippen LogP contribution in [-0.4, -0.2) is 17.0 Å². The van der Waals surface area contributed by atoms with Gasteiger partial charge in [0.15, 0.2) is 0 Å². The molecule has 1 aromatic heterocycles. The zero-order valence-corrected chi connectivity index (χ0v) is 12.1. The highest BCUT2D eigenvalue weighted by Gasteiger charge is 2.16. The van der Waals surface area contributed by atoms with E-state index in [4.69, 9.17) is 5.11 Å². The van der Waals surface area contributed by atoms with Crippen LogP contribution in [0.3, 0.4) is 0 Å². The second kappa shape index (κ2) is 5.88. The number of carbonyl (C=O) groups is 2. The quantitative estimate of drug-likeness (QED) is 0.908. The minimum atomic E-state index is -1.03. The molecule has 20 heavy (non-hydrogen) atoms. The van der Waals surface area contributed by atoms with Crippen molar-refractivity contribution in [2.45, 2.75) is 20.3 Å². The van der Waals surface area contributed by atoms with Crippen molar-refractivity contribution in [1.82, 2.24) is 0 Å². The van der Waals surface area contributed by atoms with E-state index in [0.29, 0.717) is 5.00 Å². The number of hydrogen-bond donors (Lipinski definition) is 2. The van der Waals surface area contributed by atoms with Gasteiger partial charge in [0.1, 0.15) is 5.00 Å². The molecule has 0 saturated heterocycles. The molecule has 4 nitrogen and oxygen atoms in total. The monoisotopic (exact) mass is 289 g/mol. The molecule has 0 spiro atoms. The highest BCUT2D eigenvalue weighted by atomic mass is 32.1. The van der Waals surface area contributed by atoms with Crippen LogP contribution in [0.5, 0.6) is 0 Å². The van der Waals surface area contributed by atoms with Crippen LogP contribution in [0.1, 0.15) is 26.4 Å². The first-order chi connectivity index (χ1) is 9.47. The van der Waals surface area contributed by atoms with E-state index >= 15 is 0 Å². The molecular weight excluding hydrogens is 274 g/mol. The summed E-state index contributed by atoms with van der Waals surface area (Å²) in [5, 5.41) is 12.2. The van der Waals surface area contributed by atoms with E-state index in [9.17, 15) is 9.59 Å². The maximum atomic E-state index is 12.0. The lowest BCUT2D eigenvalue weighted by Crippen LogP contribution is -2.15. The number of anilines is 1. The summed E-state index contributed by atoms with van der Waals surface area (Å²) < 4.78 is 0. The van der Waals surface area contributed by atoms with E-state index < -0.39 is 5.97 Å². The van der Waals surface area contributed by atoms with Crippen LogP contribution in [-0.2, 0) is 11.2 Å². The van der Waals surface area contributed by atoms with Gasteiger partial charge in [-0.05, 0) is 31.0 Å². The van der Waals surface area contributed by atoms with Gasteiger partial charge in [-0.1, -0.05) is 24.3 Å². The molecule has 2 aromatic rings. The number of rotatable bonds is 4. The van der Waals surface area contributed by atoms with Gasteiger partial charge in [-0.2, -0.15) is 0 Å². The molecule has 0 atom stereocenters. The van der Waals surface area contributed by atoms with Crippen molar-refractivity contribution < 1.29 is 14.7 Å². The number of amides is 1. The summed E-state index contributed by atoms with van der Waals surface area (Å²) in [6.45, 7) is 3.76. The minimum absolute atomic E-state index is 0.144. The van der Waals surface area contributed by atoms with E-state index in [0.717, 1.165) is 16.0 Å². The molecule has 0 saturated carbocycles. The highest BCUT2D eigenvalue weighted by Crippen LogP contribution is 2.27. The molecule has 0 unspecified atom stereocenters. The highest BCUT2D eigenvalue weighted by molar-refractivity contribution is 7.16. The Morgan fingerprint density at radius 2 is 1.95 bits per heavy atom. The Balaban J connectivity index is 2.13. The van der Waals surface area contributed by atoms with Crippen molar-refractivity contribution in [2.75, 3.05) is 5.32 Å². The van der Waals surface area contributed by atoms with E-state index in [1.165, 1.54) is 11.3 Å². The Bertz CT molecular complexity index is 661. The topological polar surface area (TPSA) is 66.4 Å². The molecule has 2 rings (SSSR count). The van der Waals surface area contributed by atoms with Crippen LogP contribution < -0.4 is 5.32 Å². The Morgan fingerprint density at radius 3 is 2.60 bits per heavy atom. The summed E-state index contributed by atoms with van der Waals surface area (Å²) in [5.41, 5.74) is 2.13. The summed E-state index contributed by atoms with van der Waals surface area (Å²) in [6, 6.07) is 9.21. The molecule has 0 bridgehead atoms. The molecule has 0 fully saturated rings. The summed E-state index contributed by atoms with van der Waals surface area (Å²) in [7, 11) is 0. The first-order valence-corrected chi connectivity index (χ1v) is 6.97. The fraction of sp³-hybridized carbons (Fsp3) is 0.200. The Hall–Kier alpha value is -2.14. The fourth-order valence-corrected chi connectivity index (χ4v) is 2.84. The van der Waals surface area contributed by atoms with Crippen LogP contribution in [0.15, 0.2) is 30.3 Å². The Morgan fingerprint density at radius 1 is 1.25 bits per heavy atom. The lowest BCUT2D eigenvalue weighted by atomic mass is 10.1. The molecular formula is C15H15NO3S. The van der Waals surface area contributed by atoms with E-state index in [1.807, 2.05) is 38.1 Å². The van der Waals surface area contributed by atoms with E-state index in [1.54, 1.807) is 6.07 Å². The number of carboxylic acids is 1. The number of carbonyl (C=O) groups excluding carboxylic acids is 1. The SMILES string of the molecule is Cc1cc(C(=O)O)c(NC(=O)Cc2ccccc2C)s1. The van der Waals surface area contributed by atoms with Gasteiger partial charge in [0.2, 0.25) is 5.91 Å². The van der Waals surface area contributed by atoms with Gasteiger partial charge < -0.3 is 10.4 Å². The van der Waals surface area contributed by atoms with Crippen molar-refractivity contribution in [3.63, 3.8) is 0 Å². The number of benzene rings is 1. The van der Waals surface area contributed by atoms with Crippen LogP contribution in [0.2, 0.25) is 0 Å². The normalized spacial score (nSPS) is 10.3. The van der Waals surface area contributed by atoms with Gasteiger partial charge in [-0.25, -0.2) is 4.79 Å². The van der Waals surface area contributed by atoms with Crippen molar-refractivity contribution in [2.24, 2.45) is 0 Å². The predicted molar refractivity (Wildman–Crippen MR) is 79.5 cm³/mol. The Labute approximate surface area is 121 Å². The van der Waals surface area contributed by atoms with Crippen molar-refractivity contribution in [3.8, 4) is 0 Å². The average molecular weight is 289 g/mol. The molecule has 2 N–H and O–H groups in total. The summed E-state index contributed by atoms with van der Waals surface area (Å²) in [6.07, 6.45) is 0.239. The largest absolute Gasteiger partial charge is 0.478 e. The Kier molecular flexibility index (Phi) is 4.20. The maximum absolute atomic E-state index is 12.0. The molecule has 0 aliphatic heterocycles. The lowest BCUT2D eigenvalue weighted by Gasteiger charge is -2.06. The van der Waals surface area contributed by atoms with Gasteiger partial charge >= 0.3 is 5.97 Å². The van der Waals surface area contributed by atoms with Gasteiger partial charge in [-0.3, -0.25) is 4.79 Å². The van der Waals surface area contributed by atoms with Gasteiger partial charge in [0.25, 0.3) is 0 Å². The first kappa shape index (κ1) is 14.3. The van der Waals surface area contributed by atoms with Gasteiger partial charge in [-0.15, -0.1) is 11.3 Å². The predicted octanol–water partition coefficient (Wildman–Crippen LogP) is 3.24. The number of nitrogens with one attached hydrogen (secondary N) is 1. The number of aryl methyl sites for hydroxylation is 2. The molecule has 1 amide bonds. The van der Waals surface area contributed by atoms with Crippen LogP contribution in [0, 0.1) is 13.8 Å². The van der Waals surface area contributed by atoms with Gasteiger partial charge in [0, 0.05) is 4.88 Å². The van der Waals surface area contributed by atoms with Crippen molar-refractivity contribution in [3.05, 3.63) is 51.9 Å². The molecule has 0 radical (unpaired) electrons. The van der Waals surface area contributed by atoms with Crippen LogP contribution in [0.4, 0.5) is 5.00 Å². The van der Waals surface area contributed by atoms with Gasteiger partial charge in [0.05, 0.1) is 12.0 Å². The second-order valence-electron chi connectivity index (χ2n) is 4.56. The third-order valence-corrected chi connectivity index (χ3v) is 3.92. The zero-order valence-electron chi connectivity index (χ0n) is 11.3. The second-order valence-corrected chi connectivity index (χ2v) is 5.81. The molecule has 0 aliphatic carbocycles. The number of carboxylic acid groups (broad SMARTS) is 1. The van der Waals surface area contributed by atoms with E-state index in [2.05, 4.69) is 5.32 Å². The van der Waals surface area contributed by atoms with Crippen LogP contribution >= 0.6 is 11.3 Å². The number of hydrogen-bond acceptors (Lipinski definition) is 3. The average Bonchev–Trinajstić information content (AvgIpc) is 2.73. The smallest absolute Gasteiger partial charge is 0.338 e. The fourth-order valence-electron chi connectivity index (χ4n) is 1.92. The third-order valence-electron chi connectivity index (χ3n) is 2.95. The molecule has 0 aliphatic rings. The third kappa shape index (κ3) is 3.24.